The summed E-state index contributed by atoms with van der Waals surface area (Å²) in [6, 6.07) is 8.07. The van der Waals surface area contributed by atoms with Crippen molar-refractivity contribution in [3.05, 3.63) is 47.5 Å². The van der Waals surface area contributed by atoms with Crippen molar-refractivity contribution in [1.82, 2.24) is 14.9 Å². The van der Waals surface area contributed by atoms with Crippen LogP contribution < -0.4 is 14.8 Å². The second kappa shape index (κ2) is 11.1. The first-order valence-electron chi connectivity index (χ1n) is 12.5. The molecule has 0 aliphatic carbocycles. The molecular formula is C27H30ClFN4O4. The molecule has 196 valence electrons. The van der Waals surface area contributed by atoms with E-state index < -0.39 is 5.82 Å². The molecule has 2 saturated heterocycles. The van der Waals surface area contributed by atoms with E-state index in [2.05, 4.69) is 20.2 Å². The minimum Gasteiger partial charge on any atom is -0.493 e. The Labute approximate surface area is 220 Å². The molecule has 3 heterocycles. The van der Waals surface area contributed by atoms with Gasteiger partial charge in [-0.3, -0.25) is 4.79 Å². The van der Waals surface area contributed by atoms with Gasteiger partial charge in [0.25, 0.3) is 0 Å². The molecule has 8 nitrogen and oxygen atoms in total. The summed E-state index contributed by atoms with van der Waals surface area (Å²) in [6.07, 6.45) is 5.96. The number of hydrogen-bond acceptors (Lipinski definition) is 8. The maximum atomic E-state index is 13.5. The molecule has 37 heavy (non-hydrogen) atoms. The van der Waals surface area contributed by atoms with Crippen molar-refractivity contribution in [1.29, 1.82) is 0 Å². The standard InChI is InChI=1S/C27H30ClFN4O4/c1-35-23-14-19-22(30-17-31-26(19)32-18-3-4-21(29)20(28)13-18)15-24(23)36-11-2-8-33-9-5-27(6-10-33)7-12-37-25(34)16-27/h3-4,13-15,17H,2,5-12,16H2,1H3,(H,30,31,32). The van der Waals surface area contributed by atoms with Gasteiger partial charge in [0, 0.05) is 23.7 Å². The van der Waals surface area contributed by atoms with Crippen LogP contribution in [0.3, 0.4) is 0 Å². The number of cyclic esters (lactones) is 1. The minimum absolute atomic E-state index is 0.0272. The Morgan fingerprint density at radius 1 is 1.16 bits per heavy atom. The van der Waals surface area contributed by atoms with Crippen molar-refractivity contribution < 1.29 is 23.4 Å². The fourth-order valence-electron chi connectivity index (χ4n) is 5.12. The lowest BCUT2D eigenvalue weighted by atomic mass is 9.72. The molecule has 3 aromatic rings. The van der Waals surface area contributed by atoms with Crippen molar-refractivity contribution in [2.45, 2.75) is 32.1 Å². The molecule has 10 heteroatoms. The van der Waals surface area contributed by atoms with Gasteiger partial charge < -0.3 is 24.4 Å². The highest BCUT2D eigenvalue weighted by Gasteiger charge is 2.39. The van der Waals surface area contributed by atoms with E-state index in [0.29, 0.717) is 48.2 Å². The number of likely N-dealkylation sites (tertiary alicyclic amines) is 1. The van der Waals surface area contributed by atoms with Crippen LogP contribution in [-0.4, -0.2) is 60.8 Å². The number of carbonyl (C=O) groups excluding carboxylic acids is 1. The topological polar surface area (TPSA) is 85.8 Å². The summed E-state index contributed by atoms with van der Waals surface area (Å²) in [7, 11) is 1.59. The fraction of sp³-hybridized carbons (Fsp3) is 0.444. The van der Waals surface area contributed by atoms with Crippen LogP contribution in [0.5, 0.6) is 11.5 Å². The molecule has 2 aliphatic rings. The summed E-state index contributed by atoms with van der Waals surface area (Å²) < 4.78 is 30.3. The highest BCUT2D eigenvalue weighted by molar-refractivity contribution is 6.31. The van der Waals surface area contributed by atoms with E-state index in [-0.39, 0.29) is 16.4 Å². The van der Waals surface area contributed by atoms with Crippen molar-refractivity contribution in [3.63, 3.8) is 0 Å². The number of aromatic nitrogens is 2. The monoisotopic (exact) mass is 528 g/mol. The highest BCUT2D eigenvalue weighted by Crippen LogP contribution is 2.41. The van der Waals surface area contributed by atoms with Crippen LogP contribution in [0.2, 0.25) is 5.02 Å². The molecule has 0 radical (unpaired) electrons. The first-order valence-corrected chi connectivity index (χ1v) is 12.9. The number of esters is 1. The zero-order valence-electron chi connectivity index (χ0n) is 20.8. The van der Waals surface area contributed by atoms with Crippen LogP contribution in [0.4, 0.5) is 15.9 Å². The second-order valence-corrected chi connectivity index (χ2v) is 10.1. The number of benzene rings is 2. The van der Waals surface area contributed by atoms with E-state index >= 15 is 0 Å². The van der Waals surface area contributed by atoms with Gasteiger partial charge in [-0.2, -0.15) is 0 Å². The molecule has 0 amide bonds. The molecule has 2 fully saturated rings. The number of methoxy groups -OCH3 is 1. The van der Waals surface area contributed by atoms with E-state index in [1.807, 2.05) is 12.1 Å². The molecule has 1 N–H and O–H groups in total. The number of nitrogens with zero attached hydrogens (tertiary/aromatic N) is 3. The lowest BCUT2D eigenvalue weighted by molar-refractivity contribution is -0.155. The zero-order chi connectivity index (χ0) is 25.8. The summed E-state index contributed by atoms with van der Waals surface area (Å²) in [6.45, 7) is 4.04. The summed E-state index contributed by atoms with van der Waals surface area (Å²) >= 11 is 5.91. The Bertz CT molecular complexity index is 1280. The van der Waals surface area contributed by atoms with Gasteiger partial charge in [0.2, 0.25) is 0 Å². The highest BCUT2D eigenvalue weighted by atomic mass is 35.5. The number of rotatable bonds is 8. The van der Waals surface area contributed by atoms with Gasteiger partial charge >= 0.3 is 5.97 Å². The Kier molecular flexibility index (Phi) is 7.62. The molecule has 0 bridgehead atoms. The first-order chi connectivity index (χ1) is 17.9. The maximum Gasteiger partial charge on any atom is 0.306 e. The van der Waals surface area contributed by atoms with Crippen LogP contribution in [-0.2, 0) is 9.53 Å². The van der Waals surface area contributed by atoms with Gasteiger partial charge in [0.05, 0.1) is 37.3 Å². The number of carbonyl (C=O) groups is 1. The molecule has 1 spiro atoms. The second-order valence-electron chi connectivity index (χ2n) is 9.69. The van der Waals surface area contributed by atoms with Crippen molar-refractivity contribution >= 4 is 40.0 Å². The molecule has 0 saturated carbocycles. The number of anilines is 2. The lowest BCUT2D eigenvalue weighted by Gasteiger charge is -2.43. The normalized spacial score (nSPS) is 17.5. The summed E-state index contributed by atoms with van der Waals surface area (Å²) in [5, 5.41) is 3.93. The number of piperidine rings is 1. The predicted molar refractivity (Wildman–Crippen MR) is 139 cm³/mol. The molecule has 1 aromatic heterocycles. The van der Waals surface area contributed by atoms with Crippen LogP contribution in [0.1, 0.15) is 32.1 Å². The van der Waals surface area contributed by atoms with E-state index in [9.17, 15) is 9.18 Å². The number of halogens is 2. The first kappa shape index (κ1) is 25.5. The predicted octanol–water partition coefficient (Wildman–Crippen LogP) is 5.36. The summed E-state index contributed by atoms with van der Waals surface area (Å²) in [5.74, 6) is 1.20. The molecule has 2 aromatic carbocycles. The van der Waals surface area contributed by atoms with Gasteiger partial charge in [-0.05, 0) is 68.5 Å². The van der Waals surface area contributed by atoms with Crippen LogP contribution in [0.15, 0.2) is 36.7 Å². The van der Waals surface area contributed by atoms with Gasteiger partial charge in [0.1, 0.15) is 18.0 Å². The quantitative estimate of drug-likeness (QED) is 0.309. The Morgan fingerprint density at radius 2 is 2.00 bits per heavy atom. The Hall–Kier alpha value is -3.17. The molecular weight excluding hydrogens is 499 g/mol. The number of fused-ring (bicyclic) bond motifs is 1. The molecule has 5 rings (SSSR count). The van der Waals surface area contributed by atoms with E-state index in [4.69, 9.17) is 25.8 Å². The van der Waals surface area contributed by atoms with Crippen LogP contribution >= 0.6 is 11.6 Å². The Balaban J connectivity index is 1.19. The zero-order valence-corrected chi connectivity index (χ0v) is 21.5. The third-order valence-corrected chi connectivity index (χ3v) is 7.60. The maximum absolute atomic E-state index is 13.5. The third kappa shape index (κ3) is 5.88. The van der Waals surface area contributed by atoms with Gasteiger partial charge in [0.15, 0.2) is 11.5 Å². The summed E-state index contributed by atoms with van der Waals surface area (Å²) in [4.78, 5) is 22.9. The van der Waals surface area contributed by atoms with Crippen molar-refractivity contribution in [2.24, 2.45) is 5.41 Å². The smallest absolute Gasteiger partial charge is 0.306 e. The molecule has 0 unspecified atom stereocenters. The average molecular weight is 529 g/mol. The van der Waals surface area contributed by atoms with Crippen LogP contribution in [0.25, 0.3) is 10.9 Å². The number of ether oxygens (including phenoxy) is 3. The van der Waals surface area contributed by atoms with E-state index in [0.717, 1.165) is 50.7 Å². The largest absolute Gasteiger partial charge is 0.493 e. The van der Waals surface area contributed by atoms with Gasteiger partial charge in [-0.25, -0.2) is 14.4 Å². The fourth-order valence-corrected chi connectivity index (χ4v) is 5.30. The average Bonchev–Trinajstić information content (AvgIpc) is 2.89. The third-order valence-electron chi connectivity index (χ3n) is 7.31. The number of nitrogens with one attached hydrogen (secondary N) is 1. The molecule has 0 atom stereocenters. The Morgan fingerprint density at radius 3 is 2.76 bits per heavy atom. The van der Waals surface area contributed by atoms with E-state index in [1.165, 1.54) is 18.5 Å². The van der Waals surface area contributed by atoms with E-state index in [1.54, 1.807) is 13.2 Å². The van der Waals surface area contributed by atoms with Gasteiger partial charge in [-0.1, -0.05) is 11.6 Å². The number of hydrogen-bond donors (Lipinski definition) is 1. The summed E-state index contributed by atoms with van der Waals surface area (Å²) in [5.41, 5.74) is 1.44. The van der Waals surface area contributed by atoms with Gasteiger partial charge in [-0.15, -0.1) is 0 Å². The van der Waals surface area contributed by atoms with Crippen molar-refractivity contribution in [2.75, 3.05) is 45.3 Å². The van der Waals surface area contributed by atoms with Crippen LogP contribution in [0, 0.1) is 11.2 Å². The minimum atomic E-state index is -0.483. The van der Waals surface area contributed by atoms with Crippen molar-refractivity contribution in [3.8, 4) is 11.5 Å². The SMILES string of the molecule is COc1cc2c(Nc3ccc(F)c(Cl)c3)ncnc2cc1OCCCN1CCC2(CCOC(=O)C2)CC1. The lowest BCUT2D eigenvalue weighted by Crippen LogP contribution is -2.44. The molecule has 2 aliphatic heterocycles.